The van der Waals surface area contributed by atoms with Crippen LogP contribution in [0.3, 0.4) is 0 Å². The number of benzene rings is 1. The van der Waals surface area contributed by atoms with E-state index in [1.807, 2.05) is 12.1 Å². The van der Waals surface area contributed by atoms with Gasteiger partial charge in [0.2, 0.25) is 0 Å². The molecule has 0 aliphatic heterocycles. The van der Waals surface area contributed by atoms with Crippen LogP contribution in [0.1, 0.15) is 0 Å². The second-order valence-electron chi connectivity index (χ2n) is 3.17. The monoisotopic (exact) mass is 209 g/mol. The van der Waals surface area contributed by atoms with Crippen LogP contribution in [-0.4, -0.2) is 21.7 Å². The topological polar surface area (TPSA) is 45.4 Å². The zero-order valence-electron chi connectivity index (χ0n) is 7.61. The first-order valence-electron chi connectivity index (χ1n) is 4.21. The molecule has 1 heterocycles. The molecule has 5 heteroatoms. The third-order valence-electron chi connectivity index (χ3n) is 2.34. The molecule has 0 aliphatic rings. The van der Waals surface area contributed by atoms with Gasteiger partial charge >= 0.3 is 7.12 Å². The summed E-state index contributed by atoms with van der Waals surface area (Å²) in [4.78, 5) is 0. The van der Waals surface area contributed by atoms with E-state index in [1.165, 1.54) is 0 Å². The van der Waals surface area contributed by atoms with Gasteiger partial charge in [-0.1, -0.05) is 17.7 Å². The molecule has 0 atom stereocenters. The summed E-state index contributed by atoms with van der Waals surface area (Å²) in [6.07, 6.45) is 0. The minimum atomic E-state index is -1.47. The van der Waals surface area contributed by atoms with Crippen molar-refractivity contribution in [2.45, 2.75) is 0 Å². The molecular formula is C9H9BClNO2. The lowest BCUT2D eigenvalue weighted by Gasteiger charge is -2.01. The zero-order valence-corrected chi connectivity index (χ0v) is 8.36. The zero-order chi connectivity index (χ0) is 10.3. The van der Waals surface area contributed by atoms with E-state index in [0.29, 0.717) is 10.6 Å². The molecule has 1 aromatic carbocycles. The number of aromatic nitrogens is 1. The van der Waals surface area contributed by atoms with Gasteiger partial charge in [-0.25, -0.2) is 0 Å². The van der Waals surface area contributed by atoms with Gasteiger partial charge in [0.05, 0.1) is 0 Å². The lowest BCUT2D eigenvalue weighted by Crippen LogP contribution is -2.34. The van der Waals surface area contributed by atoms with E-state index in [0.717, 1.165) is 10.9 Å². The van der Waals surface area contributed by atoms with E-state index < -0.39 is 7.12 Å². The van der Waals surface area contributed by atoms with Crippen LogP contribution in [0.25, 0.3) is 10.9 Å². The molecule has 0 radical (unpaired) electrons. The molecule has 0 saturated carbocycles. The number of fused-ring (bicyclic) bond motifs is 1. The van der Waals surface area contributed by atoms with Crippen molar-refractivity contribution in [3.8, 4) is 0 Å². The van der Waals surface area contributed by atoms with Crippen LogP contribution in [0.15, 0.2) is 24.3 Å². The first kappa shape index (κ1) is 9.58. The first-order valence-corrected chi connectivity index (χ1v) is 4.59. The van der Waals surface area contributed by atoms with E-state index in [-0.39, 0.29) is 0 Å². The van der Waals surface area contributed by atoms with E-state index in [9.17, 15) is 0 Å². The van der Waals surface area contributed by atoms with Gasteiger partial charge < -0.3 is 14.6 Å². The fraction of sp³-hybridized carbons (Fsp3) is 0.111. The molecule has 0 unspecified atom stereocenters. The maximum atomic E-state index is 9.09. The van der Waals surface area contributed by atoms with E-state index in [4.69, 9.17) is 21.6 Å². The fourth-order valence-corrected chi connectivity index (χ4v) is 1.82. The van der Waals surface area contributed by atoms with E-state index in [1.54, 1.807) is 23.7 Å². The molecule has 2 N–H and O–H groups in total. The summed E-state index contributed by atoms with van der Waals surface area (Å²) in [6, 6.07) is 7.17. The smallest absolute Gasteiger partial charge is 0.422 e. The van der Waals surface area contributed by atoms with Gasteiger partial charge in [0.15, 0.2) is 0 Å². The molecule has 1 aromatic heterocycles. The Labute approximate surface area is 86.7 Å². The number of hydrogen-bond donors (Lipinski definition) is 2. The number of halogens is 1. The second-order valence-corrected chi connectivity index (χ2v) is 3.58. The Morgan fingerprint density at radius 2 is 2.07 bits per heavy atom. The van der Waals surface area contributed by atoms with E-state index >= 15 is 0 Å². The number of rotatable bonds is 1. The predicted molar refractivity (Wildman–Crippen MR) is 57.8 cm³/mol. The number of hydrogen-bond acceptors (Lipinski definition) is 2. The minimum absolute atomic E-state index is 0.438. The third kappa shape index (κ3) is 1.32. The minimum Gasteiger partial charge on any atom is -0.422 e. The molecule has 0 spiro atoms. The Kier molecular flexibility index (Phi) is 2.27. The van der Waals surface area contributed by atoms with Crippen LogP contribution in [0, 0.1) is 0 Å². The Bertz CT molecular complexity index is 481. The van der Waals surface area contributed by atoms with Crippen molar-refractivity contribution < 1.29 is 10.0 Å². The van der Waals surface area contributed by atoms with Crippen molar-refractivity contribution in [2.75, 3.05) is 0 Å². The van der Waals surface area contributed by atoms with Crippen molar-refractivity contribution in [2.24, 2.45) is 7.05 Å². The van der Waals surface area contributed by atoms with Crippen molar-refractivity contribution in [1.29, 1.82) is 0 Å². The summed E-state index contributed by atoms with van der Waals surface area (Å²) in [6.45, 7) is 0. The van der Waals surface area contributed by atoms with Crippen molar-refractivity contribution in [3.05, 3.63) is 29.3 Å². The number of aryl methyl sites for hydroxylation is 1. The Morgan fingerprint density at radius 1 is 1.36 bits per heavy atom. The van der Waals surface area contributed by atoms with Crippen LogP contribution in [0.4, 0.5) is 0 Å². The van der Waals surface area contributed by atoms with Gasteiger partial charge in [-0.2, -0.15) is 0 Å². The molecule has 0 aliphatic carbocycles. The SMILES string of the molecule is Cn1c(B(O)O)cc2c(Cl)cccc21. The van der Waals surface area contributed by atoms with Crippen molar-refractivity contribution >= 4 is 35.2 Å². The van der Waals surface area contributed by atoms with Gasteiger partial charge in [0, 0.05) is 28.6 Å². The van der Waals surface area contributed by atoms with E-state index in [2.05, 4.69) is 0 Å². The molecule has 0 bridgehead atoms. The molecule has 3 nitrogen and oxygen atoms in total. The van der Waals surface area contributed by atoms with Gasteiger partial charge in [-0.05, 0) is 18.2 Å². The van der Waals surface area contributed by atoms with Crippen LogP contribution in [-0.2, 0) is 7.05 Å². The maximum Gasteiger partial charge on any atom is 0.505 e. The molecule has 0 fully saturated rings. The summed E-state index contributed by atoms with van der Waals surface area (Å²) in [5.41, 5.74) is 1.33. The van der Waals surface area contributed by atoms with Gasteiger partial charge in [0.25, 0.3) is 0 Å². The first-order chi connectivity index (χ1) is 6.61. The van der Waals surface area contributed by atoms with Crippen LogP contribution in [0.5, 0.6) is 0 Å². The Hall–Kier alpha value is -0.965. The number of nitrogens with zero attached hydrogens (tertiary/aromatic N) is 1. The summed E-state index contributed by atoms with van der Waals surface area (Å²) < 4.78 is 1.71. The van der Waals surface area contributed by atoms with Crippen molar-refractivity contribution in [1.82, 2.24) is 4.57 Å². The van der Waals surface area contributed by atoms with Crippen LogP contribution >= 0.6 is 11.6 Å². The standard InChI is InChI=1S/C9H9BClNO2/c1-12-8-4-2-3-7(11)6(8)5-9(12)10(13)14/h2-5,13-14H,1H3. The molecule has 72 valence electrons. The molecule has 0 saturated heterocycles. The van der Waals surface area contributed by atoms with Crippen LogP contribution in [0.2, 0.25) is 5.02 Å². The third-order valence-corrected chi connectivity index (χ3v) is 2.66. The summed E-state index contributed by atoms with van der Waals surface area (Å²) >= 11 is 5.97. The average molecular weight is 209 g/mol. The highest BCUT2D eigenvalue weighted by atomic mass is 35.5. The average Bonchev–Trinajstić information content (AvgIpc) is 2.46. The van der Waals surface area contributed by atoms with Crippen molar-refractivity contribution in [3.63, 3.8) is 0 Å². The largest absolute Gasteiger partial charge is 0.505 e. The van der Waals surface area contributed by atoms with Gasteiger partial charge in [-0.3, -0.25) is 0 Å². The highest BCUT2D eigenvalue weighted by Gasteiger charge is 2.17. The predicted octanol–water partition coefficient (Wildman–Crippen LogP) is 0.511. The highest BCUT2D eigenvalue weighted by Crippen LogP contribution is 2.22. The molecule has 14 heavy (non-hydrogen) atoms. The normalized spacial score (nSPS) is 10.9. The highest BCUT2D eigenvalue weighted by molar-refractivity contribution is 6.58. The maximum absolute atomic E-state index is 9.09. The molecule has 0 amide bonds. The fourth-order valence-electron chi connectivity index (χ4n) is 1.59. The lowest BCUT2D eigenvalue weighted by atomic mass is 9.86. The Balaban J connectivity index is 2.80. The molecular weight excluding hydrogens is 200 g/mol. The van der Waals surface area contributed by atoms with Crippen LogP contribution < -0.4 is 5.59 Å². The second kappa shape index (κ2) is 3.31. The summed E-state index contributed by atoms with van der Waals surface area (Å²) in [5.74, 6) is 0. The Morgan fingerprint density at radius 3 is 2.64 bits per heavy atom. The lowest BCUT2D eigenvalue weighted by molar-refractivity contribution is 0.423. The quantitative estimate of drug-likeness (QED) is 0.672. The summed E-state index contributed by atoms with van der Waals surface area (Å²) in [5, 5.41) is 19.6. The van der Waals surface area contributed by atoms with Gasteiger partial charge in [-0.15, -0.1) is 0 Å². The molecule has 2 rings (SSSR count). The molecule has 2 aromatic rings. The van der Waals surface area contributed by atoms with Gasteiger partial charge in [0.1, 0.15) is 0 Å². The summed E-state index contributed by atoms with van der Waals surface area (Å²) in [7, 11) is 0.302.